The van der Waals surface area contributed by atoms with Gasteiger partial charge in [-0.3, -0.25) is 9.59 Å². The van der Waals surface area contributed by atoms with E-state index in [0.717, 1.165) is 22.9 Å². The van der Waals surface area contributed by atoms with Crippen molar-refractivity contribution in [1.29, 1.82) is 0 Å². The lowest BCUT2D eigenvalue weighted by molar-refractivity contribution is -0.137. The molecule has 4 nitrogen and oxygen atoms in total. The van der Waals surface area contributed by atoms with Crippen molar-refractivity contribution in [2.75, 3.05) is 11.1 Å². The van der Waals surface area contributed by atoms with Gasteiger partial charge < -0.3 is 10.4 Å². The van der Waals surface area contributed by atoms with E-state index in [1.807, 2.05) is 33.8 Å². The molecule has 1 amide bonds. The summed E-state index contributed by atoms with van der Waals surface area (Å²) < 4.78 is 0. The number of carboxylic acid groups (broad SMARTS) is 1. The van der Waals surface area contributed by atoms with Gasteiger partial charge in [0.1, 0.15) is 5.25 Å². The predicted molar refractivity (Wildman–Crippen MR) is 88.3 cm³/mol. The summed E-state index contributed by atoms with van der Waals surface area (Å²) in [4.78, 5) is 23.1. The number of carbonyl (C=O) groups excluding carboxylic acids is 1. The van der Waals surface area contributed by atoms with Crippen molar-refractivity contribution in [2.24, 2.45) is 5.92 Å². The molecule has 2 N–H and O–H groups in total. The summed E-state index contributed by atoms with van der Waals surface area (Å²) in [6.45, 7) is 7.45. The molecular weight excluding hydrogens is 310 g/mol. The quantitative estimate of drug-likeness (QED) is 0.834. The molecule has 0 aliphatic rings. The van der Waals surface area contributed by atoms with Crippen molar-refractivity contribution >= 4 is 40.9 Å². The van der Waals surface area contributed by atoms with Gasteiger partial charge in [-0.2, -0.15) is 0 Å². The van der Waals surface area contributed by atoms with Gasteiger partial charge in [0.25, 0.3) is 0 Å². The molecule has 6 heteroatoms. The van der Waals surface area contributed by atoms with Crippen LogP contribution in [0.15, 0.2) is 12.1 Å². The molecule has 1 unspecified atom stereocenters. The molecule has 1 aromatic rings. The Hall–Kier alpha value is -1.20. The Morgan fingerprint density at radius 2 is 1.95 bits per heavy atom. The molecule has 0 aliphatic carbocycles. The Bertz CT molecular complexity index is 523. The second kappa shape index (κ2) is 7.71. The number of carbonyl (C=O) groups is 2. The number of aryl methyl sites for hydroxylation is 2. The van der Waals surface area contributed by atoms with Crippen LogP contribution in [-0.2, 0) is 9.59 Å². The summed E-state index contributed by atoms with van der Waals surface area (Å²) in [6, 6.07) is 3.72. The third kappa shape index (κ3) is 5.25. The number of benzene rings is 1. The van der Waals surface area contributed by atoms with E-state index in [1.54, 1.807) is 6.07 Å². The van der Waals surface area contributed by atoms with Gasteiger partial charge in [-0.1, -0.05) is 31.5 Å². The number of hydrogen-bond acceptors (Lipinski definition) is 3. The molecule has 1 atom stereocenters. The molecule has 0 radical (unpaired) electrons. The summed E-state index contributed by atoms with van der Waals surface area (Å²) in [7, 11) is 0. The van der Waals surface area contributed by atoms with Gasteiger partial charge in [-0.05, 0) is 37.0 Å². The standard InChI is InChI=1S/C15H20ClNO3S/c1-8(2)14(15(19)20)21-7-12(18)17-13-10(4)5-9(3)6-11(13)16/h5-6,8,14H,7H2,1-4H3,(H,17,18)(H,19,20). The van der Waals surface area contributed by atoms with Crippen LogP contribution in [0.1, 0.15) is 25.0 Å². The van der Waals surface area contributed by atoms with Crippen LogP contribution in [0.4, 0.5) is 5.69 Å². The van der Waals surface area contributed by atoms with Crippen molar-refractivity contribution in [3.8, 4) is 0 Å². The number of anilines is 1. The fourth-order valence-electron chi connectivity index (χ4n) is 1.96. The highest BCUT2D eigenvalue weighted by molar-refractivity contribution is 8.01. The van der Waals surface area contributed by atoms with Crippen LogP contribution in [0.2, 0.25) is 5.02 Å². The van der Waals surface area contributed by atoms with E-state index in [-0.39, 0.29) is 17.6 Å². The molecule has 116 valence electrons. The van der Waals surface area contributed by atoms with Crippen LogP contribution >= 0.6 is 23.4 Å². The molecule has 1 rings (SSSR count). The molecule has 0 saturated carbocycles. The van der Waals surface area contributed by atoms with E-state index in [0.29, 0.717) is 10.7 Å². The van der Waals surface area contributed by atoms with Crippen molar-refractivity contribution in [3.63, 3.8) is 0 Å². The van der Waals surface area contributed by atoms with E-state index in [1.165, 1.54) is 0 Å². The highest BCUT2D eigenvalue weighted by Crippen LogP contribution is 2.28. The summed E-state index contributed by atoms with van der Waals surface area (Å²) in [5.41, 5.74) is 2.50. The highest BCUT2D eigenvalue weighted by atomic mass is 35.5. The number of amides is 1. The molecule has 21 heavy (non-hydrogen) atoms. The molecule has 0 heterocycles. The maximum absolute atomic E-state index is 12.0. The van der Waals surface area contributed by atoms with E-state index in [4.69, 9.17) is 16.7 Å². The van der Waals surface area contributed by atoms with Gasteiger partial charge in [-0.25, -0.2) is 0 Å². The Morgan fingerprint density at radius 1 is 1.33 bits per heavy atom. The zero-order valence-corrected chi connectivity index (χ0v) is 14.1. The fraction of sp³-hybridized carbons (Fsp3) is 0.467. The number of halogens is 1. The average Bonchev–Trinajstić information content (AvgIpc) is 2.33. The van der Waals surface area contributed by atoms with Gasteiger partial charge in [0.15, 0.2) is 0 Å². The van der Waals surface area contributed by atoms with Crippen molar-refractivity contribution < 1.29 is 14.7 Å². The second-order valence-electron chi connectivity index (χ2n) is 5.30. The van der Waals surface area contributed by atoms with E-state index in [2.05, 4.69) is 5.32 Å². The SMILES string of the molecule is Cc1cc(C)c(NC(=O)CSC(C(=O)O)C(C)C)c(Cl)c1. The minimum absolute atomic E-state index is 0.0370. The van der Waals surface area contributed by atoms with Crippen LogP contribution in [-0.4, -0.2) is 28.0 Å². The summed E-state index contributed by atoms with van der Waals surface area (Å²) in [5.74, 6) is -1.10. The fourth-order valence-corrected chi connectivity index (χ4v) is 3.26. The number of rotatable bonds is 6. The van der Waals surface area contributed by atoms with Crippen molar-refractivity contribution in [2.45, 2.75) is 32.9 Å². The lowest BCUT2D eigenvalue weighted by atomic mass is 10.1. The summed E-state index contributed by atoms with van der Waals surface area (Å²) in [6.07, 6.45) is 0. The Labute approximate surface area is 134 Å². The maximum Gasteiger partial charge on any atom is 0.316 e. The summed E-state index contributed by atoms with van der Waals surface area (Å²) in [5, 5.41) is 11.7. The van der Waals surface area contributed by atoms with Crippen LogP contribution in [0.25, 0.3) is 0 Å². The zero-order valence-electron chi connectivity index (χ0n) is 12.6. The predicted octanol–water partition coefficient (Wildman–Crippen LogP) is 3.74. The zero-order chi connectivity index (χ0) is 16.2. The van der Waals surface area contributed by atoms with Crippen molar-refractivity contribution in [3.05, 3.63) is 28.3 Å². The lowest BCUT2D eigenvalue weighted by Gasteiger charge is -2.16. The number of carboxylic acids is 1. The molecule has 0 bridgehead atoms. The minimum atomic E-state index is -0.896. The van der Waals surface area contributed by atoms with E-state index in [9.17, 15) is 9.59 Å². The van der Waals surface area contributed by atoms with Crippen LogP contribution < -0.4 is 5.32 Å². The molecule has 1 aromatic carbocycles. The first-order chi connectivity index (χ1) is 9.72. The molecule has 0 aliphatic heterocycles. The average molecular weight is 330 g/mol. The monoisotopic (exact) mass is 329 g/mol. The number of thioether (sulfide) groups is 1. The van der Waals surface area contributed by atoms with Crippen LogP contribution in [0, 0.1) is 19.8 Å². The third-order valence-electron chi connectivity index (χ3n) is 2.94. The number of aliphatic carboxylic acids is 1. The normalized spacial score (nSPS) is 12.3. The first kappa shape index (κ1) is 17.9. The lowest BCUT2D eigenvalue weighted by Crippen LogP contribution is -2.25. The van der Waals surface area contributed by atoms with Crippen LogP contribution in [0.3, 0.4) is 0 Å². The first-order valence-corrected chi connectivity index (χ1v) is 8.06. The summed E-state index contributed by atoms with van der Waals surface area (Å²) >= 11 is 7.25. The number of nitrogens with one attached hydrogen (secondary N) is 1. The van der Waals surface area contributed by atoms with Gasteiger partial charge in [-0.15, -0.1) is 11.8 Å². The Kier molecular flexibility index (Phi) is 6.55. The highest BCUT2D eigenvalue weighted by Gasteiger charge is 2.23. The van der Waals surface area contributed by atoms with Crippen LogP contribution in [0.5, 0.6) is 0 Å². The molecule has 0 fully saturated rings. The van der Waals surface area contributed by atoms with Gasteiger partial charge in [0, 0.05) is 0 Å². The van der Waals surface area contributed by atoms with E-state index >= 15 is 0 Å². The van der Waals surface area contributed by atoms with Gasteiger partial charge in [0.2, 0.25) is 5.91 Å². The van der Waals surface area contributed by atoms with Gasteiger partial charge >= 0.3 is 5.97 Å². The van der Waals surface area contributed by atoms with Gasteiger partial charge in [0.05, 0.1) is 16.5 Å². The van der Waals surface area contributed by atoms with E-state index < -0.39 is 11.2 Å². The topological polar surface area (TPSA) is 66.4 Å². The Balaban J connectivity index is 2.69. The van der Waals surface area contributed by atoms with Crippen molar-refractivity contribution in [1.82, 2.24) is 0 Å². The smallest absolute Gasteiger partial charge is 0.316 e. The first-order valence-electron chi connectivity index (χ1n) is 6.63. The molecule has 0 aromatic heterocycles. The molecular formula is C15H20ClNO3S. The maximum atomic E-state index is 12.0. The minimum Gasteiger partial charge on any atom is -0.480 e. The second-order valence-corrected chi connectivity index (χ2v) is 6.84. The third-order valence-corrected chi connectivity index (χ3v) is 4.77. The Morgan fingerprint density at radius 3 is 2.43 bits per heavy atom. The molecule has 0 spiro atoms. The molecule has 0 saturated heterocycles. The number of hydrogen-bond donors (Lipinski definition) is 2. The largest absolute Gasteiger partial charge is 0.480 e.